The number of nitrogens with zero attached hydrogens (tertiary/aromatic N) is 3. The molecule has 0 spiro atoms. The lowest BCUT2D eigenvalue weighted by molar-refractivity contribution is 0.217. The third-order valence-corrected chi connectivity index (χ3v) is 8.57. The lowest BCUT2D eigenvalue weighted by Crippen LogP contribution is -2.21. The van der Waals surface area contributed by atoms with Gasteiger partial charge >= 0.3 is 0 Å². The van der Waals surface area contributed by atoms with Crippen LogP contribution < -0.4 is 4.72 Å². The van der Waals surface area contributed by atoms with Gasteiger partial charge in [-0.3, -0.25) is 0 Å². The Labute approximate surface area is 210 Å². The molecule has 1 unspecified atom stereocenters. The van der Waals surface area contributed by atoms with Crippen molar-refractivity contribution < 1.29 is 30.4 Å². The second-order valence-corrected chi connectivity index (χ2v) is 11.8. The summed E-state index contributed by atoms with van der Waals surface area (Å²) in [5.41, 5.74) is 1.75. The molecule has 0 saturated heterocycles. The molecule has 35 heavy (non-hydrogen) atoms. The minimum absolute atomic E-state index is 0.0621. The first-order valence-electron chi connectivity index (χ1n) is 9.94. The van der Waals surface area contributed by atoms with E-state index >= 15 is 0 Å². The van der Waals surface area contributed by atoms with Crippen molar-refractivity contribution in [1.29, 1.82) is 0 Å². The summed E-state index contributed by atoms with van der Waals surface area (Å²) in [6.07, 6.45) is 0. The van der Waals surface area contributed by atoms with Gasteiger partial charge in [-0.15, -0.1) is 21.5 Å². The molecule has 0 aliphatic heterocycles. The van der Waals surface area contributed by atoms with E-state index in [0.717, 1.165) is 11.3 Å². The Kier molecular flexibility index (Phi) is 7.78. The van der Waals surface area contributed by atoms with Gasteiger partial charge in [0.1, 0.15) is 10.8 Å². The SMILES string of the molecule is COCCS(=O)(=O)C(c1nnc(CN[SH](=O)=O)o1)c1nc2ccc(-c3cc(F)cc(Cl)c3)cc2s1. The highest BCUT2D eigenvalue weighted by Crippen LogP contribution is 2.37. The molecule has 10 nitrogen and oxygen atoms in total. The van der Waals surface area contributed by atoms with Gasteiger partial charge in [0.15, 0.2) is 15.1 Å². The number of ether oxygens (including phenoxy) is 1. The number of benzene rings is 2. The second-order valence-electron chi connectivity index (χ2n) is 7.26. The second kappa shape index (κ2) is 10.6. The van der Waals surface area contributed by atoms with E-state index in [1.807, 2.05) is 0 Å². The van der Waals surface area contributed by atoms with Crippen LogP contribution in [0.15, 0.2) is 40.8 Å². The highest BCUT2D eigenvalue weighted by atomic mass is 35.5. The molecule has 0 radical (unpaired) electrons. The molecule has 186 valence electrons. The molecule has 2 aromatic carbocycles. The molecular formula is C20H18ClFN4O6S3. The van der Waals surface area contributed by atoms with Gasteiger partial charge in [-0.25, -0.2) is 30.9 Å². The zero-order valence-corrected chi connectivity index (χ0v) is 21.3. The summed E-state index contributed by atoms with van der Waals surface area (Å²) >= 11 is 7.08. The molecule has 0 aliphatic carbocycles. The van der Waals surface area contributed by atoms with Crippen LogP contribution in [0.2, 0.25) is 5.02 Å². The summed E-state index contributed by atoms with van der Waals surface area (Å²) in [6.45, 7) is -0.344. The smallest absolute Gasteiger partial charge is 0.241 e. The molecule has 1 atom stereocenters. The average molecular weight is 561 g/mol. The number of nitrogens with one attached hydrogen (secondary N) is 1. The predicted octanol–water partition coefficient (Wildman–Crippen LogP) is 2.91. The van der Waals surface area contributed by atoms with Crippen LogP contribution in [0.3, 0.4) is 0 Å². The van der Waals surface area contributed by atoms with Gasteiger partial charge in [-0.1, -0.05) is 17.7 Å². The van der Waals surface area contributed by atoms with Crippen molar-refractivity contribution in [2.75, 3.05) is 19.5 Å². The van der Waals surface area contributed by atoms with Gasteiger partial charge in [0.05, 0.1) is 29.1 Å². The van der Waals surface area contributed by atoms with Crippen molar-refractivity contribution in [3.63, 3.8) is 0 Å². The van der Waals surface area contributed by atoms with Gasteiger partial charge in [-0.05, 0) is 41.5 Å². The normalized spacial score (nSPS) is 13.0. The van der Waals surface area contributed by atoms with Gasteiger partial charge in [0.25, 0.3) is 0 Å². The molecule has 2 aromatic heterocycles. The number of sulfone groups is 1. The first-order chi connectivity index (χ1) is 16.7. The molecule has 4 aromatic rings. The lowest BCUT2D eigenvalue weighted by Gasteiger charge is -2.11. The number of thiol groups is 1. The molecule has 4 rings (SSSR count). The van der Waals surface area contributed by atoms with E-state index in [2.05, 4.69) is 19.9 Å². The molecule has 0 saturated carbocycles. The van der Waals surface area contributed by atoms with Crippen LogP contribution in [0.4, 0.5) is 4.39 Å². The first kappa shape index (κ1) is 25.6. The van der Waals surface area contributed by atoms with E-state index in [4.69, 9.17) is 20.8 Å². The monoisotopic (exact) mass is 560 g/mol. The number of hydrogen-bond acceptors (Lipinski definition) is 10. The number of fused-ring (bicyclic) bond motifs is 1. The van der Waals surface area contributed by atoms with Crippen molar-refractivity contribution in [3.8, 4) is 11.1 Å². The number of hydrogen-bond donors (Lipinski definition) is 2. The fraction of sp³-hybridized carbons (Fsp3) is 0.250. The maximum atomic E-state index is 13.8. The van der Waals surface area contributed by atoms with E-state index in [-0.39, 0.29) is 40.7 Å². The standard InChI is InChI=1S/C20H18ClFN4O6S3/c1-31-4-5-35(29,30)18(19-26-25-17(32-19)10-23-34(27)28)20-24-15-3-2-11(8-16(15)33-20)12-6-13(21)9-14(22)7-12/h2-3,6-9,18,34H,4-5,10H2,1H3,(H,23,27,28). The molecule has 0 amide bonds. The third-order valence-electron chi connectivity index (χ3n) is 4.82. The zero-order chi connectivity index (χ0) is 25.2. The summed E-state index contributed by atoms with van der Waals surface area (Å²) in [5, 5.41) is 6.62. The number of thiazole rings is 1. The van der Waals surface area contributed by atoms with Crippen molar-refractivity contribution in [3.05, 3.63) is 64.0 Å². The van der Waals surface area contributed by atoms with Crippen LogP contribution in [0.5, 0.6) is 0 Å². The zero-order valence-electron chi connectivity index (χ0n) is 18.0. The van der Waals surface area contributed by atoms with Gasteiger partial charge in [0, 0.05) is 12.1 Å². The van der Waals surface area contributed by atoms with E-state index < -0.39 is 31.8 Å². The fourth-order valence-electron chi connectivity index (χ4n) is 3.26. The highest BCUT2D eigenvalue weighted by molar-refractivity contribution is 7.92. The van der Waals surface area contributed by atoms with E-state index in [1.54, 1.807) is 24.3 Å². The van der Waals surface area contributed by atoms with Gasteiger partial charge < -0.3 is 9.15 Å². The van der Waals surface area contributed by atoms with Crippen LogP contribution in [-0.2, 0) is 32.0 Å². The number of halogens is 2. The minimum atomic E-state index is -3.91. The Hall–Kier alpha value is -2.49. The van der Waals surface area contributed by atoms with E-state index in [1.165, 1.54) is 19.2 Å². The van der Waals surface area contributed by atoms with Crippen molar-refractivity contribution >= 4 is 53.9 Å². The Bertz CT molecular complexity index is 1530. The molecule has 1 N–H and O–H groups in total. The first-order valence-corrected chi connectivity index (χ1v) is 14.0. The minimum Gasteiger partial charge on any atom is -0.422 e. The Morgan fingerprint density at radius 1 is 1.20 bits per heavy atom. The molecule has 15 heteroatoms. The van der Waals surface area contributed by atoms with Gasteiger partial charge in [0.2, 0.25) is 22.7 Å². The summed E-state index contributed by atoms with van der Waals surface area (Å²) in [5.74, 6) is -1.16. The van der Waals surface area contributed by atoms with Crippen molar-refractivity contribution in [1.82, 2.24) is 19.9 Å². The topological polar surface area (TPSA) is 141 Å². The highest BCUT2D eigenvalue weighted by Gasteiger charge is 2.36. The quantitative estimate of drug-likeness (QED) is 0.280. The summed E-state index contributed by atoms with van der Waals surface area (Å²) < 4.78 is 74.9. The number of methoxy groups -OCH3 is 1. The molecular weight excluding hydrogens is 543 g/mol. The number of rotatable bonds is 10. The fourth-order valence-corrected chi connectivity index (χ4v) is 6.71. The molecule has 0 bridgehead atoms. The Balaban J connectivity index is 1.76. The molecule has 0 aliphatic rings. The van der Waals surface area contributed by atoms with Crippen LogP contribution in [-0.4, -0.2) is 51.5 Å². The van der Waals surface area contributed by atoms with Crippen LogP contribution in [0.25, 0.3) is 21.3 Å². The van der Waals surface area contributed by atoms with Crippen LogP contribution in [0, 0.1) is 5.82 Å². The lowest BCUT2D eigenvalue weighted by atomic mass is 10.1. The Morgan fingerprint density at radius 3 is 2.71 bits per heavy atom. The van der Waals surface area contributed by atoms with E-state index in [0.29, 0.717) is 21.3 Å². The maximum Gasteiger partial charge on any atom is 0.241 e. The van der Waals surface area contributed by atoms with E-state index in [9.17, 15) is 21.2 Å². The van der Waals surface area contributed by atoms with Gasteiger partial charge in [-0.2, -0.15) is 0 Å². The van der Waals surface area contributed by atoms with Crippen LogP contribution >= 0.6 is 22.9 Å². The predicted molar refractivity (Wildman–Crippen MR) is 129 cm³/mol. The Morgan fingerprint density at radius 2 is 2.00 bits per heavy atom. The molecule has 2 heterocycles. The maximum absolute atomic E-state index is 13.8. The summed E-state index contributed by atoms with van der Waals surface area (Å²) in [4.78, 5) is 4.48. The summed E-state index contributed by atoms with van der Waals surface area (Å²) in [6, 6.07) is 9.34. The number of aromatic nitrogens is 3. The van der Waals surface area contributed by atoms with Crippen molar-refractivity contribution in [2.45, 2.75) is 11.8 Å². The third kappa shape index (κ3) is 6.02. The average Bonchev–Trinajstić information content (AvgIpc) is 3.42. The summed E-state index contributed by atoms with van der Waals surface area (Å²) in [7, 11) is -5.43. The largest absolute Gasteiger partial charge is 0.422 e. The van der Waals surface area contributed by atoms with Crippen LogP contribution in [0.1, 0.15) is 22.0 Å². The molecule has 0 fully saturated rings. The van der Waals surface area contributed by atoms with Crippen molar-refractivity contribution in [2.24, 2.45) is 0 Å².